The van der Waals surface area contributed by atoms with Crippen LogP contribution in [-0.2, 0) is 4.79 Å². The van der Waals surface area contributed by atoms with Gasteiger partial charge in [-0.3, -0.25) is 9.78 Å². The summed E-state index contributed by atoms with van der Waals surface area (Å²) in [6.07, 6.45) is 0.623. The van der Waals surface area contributed by atoms with Gasteiger partial charge in [-0.1, -0.05) is 0 Å². The number of carbonyl (C=O) groups excluding carboxylic acids is 1. The molecule has 1 N–H and O–H groups in total. The quantitative estimate of drug-likeness (QED) is 0.605. The van der Waals surface area contributed by atoms with E-state index in [1.54, 1.807) is 31.5 Å². The molecule has 3 aromatic heterocycles. The molecule has 1 amide bonds. The van der Waals surface area contributed by atoms with Gasteiger partial charge < -0.3 is 19.9 Å². The summed E-state index contributed by atoms with van der Waals surface area (Å²) < 4.78 is 41.8. The van der Waals surface area contributed by atoms with Crippen molar-refractivity contribution in [1.82, 2.24) is 24.8 Å². The van der Waals surface area contributed by atoms with Crippen LogP contribution in [0, 0.1) is 0 Å². The first-order valence-electron chi connectivity index (χ1n) is 10.6. The van der Waals surface area contributed by atoms with E-state index in [4.69, 9.17) is 4.98 Å². The van der Waals surface area contributed by atoms with Crippen LogP contribution in [-0.4, -0.2) is 62.3 Å². The number of anilines is 3. The van der Waals surface area contributed by atoms with Crippen LogP contribution in [0.4, 0.5) is 30.6 Å². The van der Waals surface area contributed by atoms with Crippen LogP contribution in [0.3, 0.4) is 0 Å². The second kappa shape index (κ2) is 8.43. The summed E-state index contributed by atoms with van der Waals surface area (Å²) in [4.78, 5) is 33.3. The normalized spacial score (nSPS) is 19.4. The molecule has 0 aromatic carbocycles. The average molecular weight is 471 g/mol. The first-order chi connectivity index (χ1) is 16.2. The predicted molar refractivity (Wildman–Crippen MR) is 116 cm³/mol. The molecule has 0 saturated carbocycles. The lowest BCUT2D eigenvalue weighted by atomic mass is 9.87. The zero-order valence-corrected chi connectivity index (χ0v) is 18.0. The smallest absolute Gasteiger partial charge is 0.406 e. The van der Waals surface area contributed by atoms with Crippen molar-refractivity contribution in [2.24, 2.45) is 0 Å². The number of hydrogen-bond acceptors (Lipinski definition) is 8. The van der Waals surface area contributed by atoms with E-state index in [-0.39, 0.29) is 23.8 Å². The molecule has 3 saturated heterocycles. The molecule has 176 valence electrons. The molecule has 3 fully saturated rings. The van der Waals surface area contributed by atoms with Gasteiger partial charge in [-0.15, -0.1) is 13.2 Å². The molecule has 6 heterocycles. The van der Waals surface area contributed by atoms with E-state index in [1.807, 2.05) is 11.0 Å². The Balaban J connectivity index is 1.45. The molecule has 2 bridgehead atoms. The number of rotatable bonds is 5. The van der Waals surface area contributed by atoms with Gasteiger partial charge in [0.1, 0.15) is 23.2 Å². The second-order valence-electron chi connectivity index (χ2n) is 8.10. The molecule has 0 aliphatic carbocycles. The van der Waals surface area contributed by atoms with Gasteiger partial charge in [-0.25, -0.2) is 15.0 Å². The summed E-state index contributed by atoms with van der Waals surface area (Å²) in [5, 5.41) is 2.95. The minimum Gasteiger partial charge on any atom is -0.406 e. The summed E-state index contributed by atoms with van der Waals surface area (Å²) in [6.45, 7) is 2.84. The summed E-state index contributed by atoms with van der Waals surface area (Å²) >= 11 is 0. The maximum atomic E-state index is 12.6. The highest BCUT2D eigenvalue weighted by Crippen LogP contribution is 2.35. The Morgan fingerprint density at radius 2 is 1.91 bits per heavy atom. The summed E-state index contributed by atoms with van der Waals surface area (Å²) in [5.41, 5.74) is 0.682. The molecule has 9 nitrogen and oxygen atoms in total. The van der Waals surface area contributed by atoms with E-state index >= 15 is 0 Å². The fraction of sp³-hybridized carbons (Fsp3) is 0.318. The van der Waals surface area contributed by atoms with Crippen LogP contribution >= 0.6 is 0 Å². The van der Waals surface area contributed by atoms with E-state index in [0.717, 1.165) is 18.6 Å². The fourth-order valence-electron chi connectivity index (χ4n) is 4.40. The number of piperidine rings is 1. The van der Waals surface area contributed by atoms with Gasteiger partial charge in [-0.2, -0.15) is 0 Å². The first-order valence-corrected chi connectivity index (χ1v) is 10.6. The van der Waals surface area contributed by atoms with Crippen LogP contribution < -0.4 is 15.0 Å². The first kappa shape index (κ1) is 21.9. The third-order valence-electron chi connectivity index (χ3n) is 5.73. The standard InChI is InChI=1S/C22H20F3N7O2/c1-13(33)32-15-7-16(32)12-31(11-15)20-9-19(29-21(30-20)14-3-2-5-26-10-14)28-18-8-17(4-6-27-18)34-22(23,24)25/h2-6,8-10,15-16H,7,11-12H2,1H3,(H,27,28,29,30). The lowest BCUT2D eigenvalue weighted by Gasteiger charge is -2.56. The molecular weight excluding hydrogens is 451 g/mol. The number of hydrogen-bond donors (Lipinski definition) is 1. The monoisotopic (exact) mass is 471 g/mol. The van der Waals surface area contributed by atoms with Gasteiger partial charge in [0.25, 0.3) is 0 Å². The average Bonchev–Trinajstić information content (AvgIpc) is 2.78. The van der Waals surface area contributed by atoms with Crippen LogP contribution in [0.25, 0.3) is 11.4 Å². The summed E-state index contributed by atoms with van der Waals surface area (Å²) in [6, 6.07) is 7.80. The van der Waals surface area contributed by atoms with Crippen molar-refractivity contribution >= 4 is 23.4 Å². The molecule has 2 unspecified atom stereocenters. The van der Waals surface area contributed by atoms with Crippen LogP contribution in [0.15, 0.2) is 48.9 Å². The van der Waals surface area contributed by atoms with E-state index < -0.39 is 12.1 Å². The third kappa shape index (κ3) is 4.56. The number of ether oxygens (including phenoxy) is 1. The topological polar surface area (TPSA) is 96.4 Å². The second-order valence-corrected chi connectivity index (χ2v) is 8.10. The summed E-state index contributed by atoms with van der Waals surface area (Å²) in [7, 11) is 0. The van der Waals surface area contributed by atoms with E-state index in [0.29, 0.717) is 36.1 Å². The predicted octanol–water partition coefficient (Wildman–Crippen LogP) is 3.39. The van der Waals surface area contributed by atoms with Crippen LogP contribution in [0.2, 0.25) is 0 Å². The lowest BCUT2D eigenvalue weighted by molar-refractivity contribution is -0.274. The van der Waals surface area contributed by atoms with Gasteiger partial charge in [-0.05, 0) is 24.6 Å². The Bertz CT molecular complexity index is 1200. The number of alkyl halides is 3. The van der Waals surface area contributed by atoms with Crippen LogP contribution in [0.1, 0.15) is 13.3 Å². The van der Waals surface area contributed by atoms with Crippen molar-refractivity contribution in [2.75, 3.05) is 23.3 Å². The number of nitrogens with zero attached hydrogens (tertiary/aromatic N) is 6. The van der Waals surface area contributed by atoms with E-state index in [9.17, 15) is 18.0 Å². The molecule has 0 spiro atoms. The van der Waals surface area contributed by atoms with Crippen molar-refractivity contribution in [3.63, 3.8) is 0 Å². The summed E-state index contributed by atoms with van der Waals surface area (Å²) in [5.74, 6) is 1.19. The van der Waals surface area contributed by atoms with Gasteiger partial charge in [0.05, 0.1) is 12.1 Å². The number of piperazine rings is 1. The SMILES string of the molecule is CC(=O)N1C2CC1CN(c1cc(Nc3cc(OC(F)(F)F)ccn3)nc(-c3cccnc3)n1)C2. The molecule has 3 aliphatic rings. The Kier molecular flexibility index (Phi) is 5.42. The molecule has 3 aliphatic heterocycles. The van der Waals surface area contributed by atoms with Gasteiger partial charge in [0.2, 0.25) is 5.91 Å². The van der Waals surface area contributed by atoms with Crippen molar-refractivity contribution in [2.45, 2.75) is 31.8 Å². The number of fused-ring (bicyclic) bond motifs is 2. The van der Waals surface area contributed by atoms with Crippen molar-refractivity contribution in [1.29, 1.82) is 0 Å². The molecule has 0 radical (unpaired) electrons. The Hall–Kier alpha value is -3.96. The van der Waals surface area contributed by atoms with E-state index in [1.165, 1.54) is 6.20 Å². The zero-order valence-electron chi connectivity index (χ0n) is 18.0. The van der Waals surface area contributed by atoms with Gasteiger partial charge in [0.15, 0.2) is 5.82 Å². The highest BCUT2D eigenvalue weighted by molar-refractivity contribution is 5.76. The number of nitrogens with one attached hydrogen (secondary N) is 1. The van der Waals surface area contributed by atoms with Crippen molar-refractivity contribution in [3.05, 3.63) is 48.9 Å². The Morgan fingerprint density at radius 1 is 1.12 bits per heavy atom. The molecular formula is C22H20F3N7O2. The van der Waals surface area contributed by atoms with Crippen molar-refractivity contribution in [3.8, 4) is 17.1 Å². The highest BCUT2D eigenvalue weighted by atomic mass is 19.4. The molecule has 6 rings (SSSR count). The van der Waals surface area contributed by atoms with Gasteiger partial charge >= 0.3 is 6.36 Å². The number of amides is 1. The zero-order chi connectivity index (χ0) is 23.9. The largest absolute Gasteiger partial charge is 0.573 e. The minimum atomic E-state index is -4.81. The van der Waals surface area contributed by atoms with Crippen molar-refractivity contribution < 1.29 is 22.7 Å². The maximum Gasteiger partial charge on any atom is 0.573 e. The maximum absolute atomic E-state index is 12.6. The number of aromatic nitrogens is 4. The van der Waals surface area contributed by atoms with Crippen LogP contribution in [0.5, 0.6) is 5.75 Å². The van der Waals surface area contributed by atoms with Gasteiger partial charge in [0, 0.05) is 56.3 Å². The third-order valence-corrected chi connectivity index (χ3v) is 5.73. The number of halogens is 3. The molecule has 34 heavy (non-hydrogen) atoms. The minimum absolute atomic E-state index is 0.0639. The van der Waals surface area contributed by atoms with E-state index in [2.05, 4.69) is 29.9 Å². The Labute approximate surface area is 192 Å². The lowest BCUT2D eigenvalue weighted by Crippen LogP contribution is -2.70. The Morgan fingerprint density at radius 3 is 2.59 bits per heavy atom. The fourth-order valence-corrected chi connectivity index (χ4v) is 4.40. The molecule has 2 atom stereocenters. The molecule has 12 heteroatoms. The highest BCUT2D eigenvalue weighted by Gasteiger charge is 2.46. The molecule has 3 aromatic rings. The number of carbonyl (C=O) groups is 1. The number of pyridine rings is 2.